The predicted octanol–water partition coefficient (Wildman–Crippen LogP) is 2.02. The second-order valence-electron chi connectivity index (χ2n) is 4.11. The van der Waals surface area contributed by atoms with Gasteiger partial charge in [-0.3, -0.25) is 4.21 Å². The monoisotopic (exact) mass is 291 g/mol. The standard InChI is InChI=1S/C11H12F3N3OS/c1-19(18)5-4-17-9-3-2-7(15)6-8(9)16-10(17)11(12,13)14/h2-3,6H,4-5,15H2,1H3. The van der Waals surface area contributed by atoms with E-state index in [2.05, 4.69) is 4.98 Å². The lowest BCUT2D eigenvalue weighted by Crippen LogP contribution is -2.17. The molecule has 2 aromatic rings. The van der Waals surface area contributed by atoms with Crippen molar-refractivity contribution in [2.24, 2.45) is 0 Å². The van der Waals surface area contributed by atoms with Gasteiger partial charge in [0, 0.05) is 35.0 Å². The van der Waals surface area contributed by atoms with Crippen molar-refractivity contribution in [1.29, 1.82) is 0 Å². The molecule has 19 heavy (non-hydrogen) atoms. The first-order valence-corrected chi connectivity index (χ1v) is 7.15. The van der Waals surface area contributed by atoms with Crippen molar-refractivity contribution in [3.63, 3.8) is 0 Å². The van der Waals surface area contributed by atoms with Crippen molar-refractivity contribution in [1.82, 2.24) is 9.55 Å². The molecule has 1 atom stereocenters. The Morgan fingerprint density at radius 2 is 2.11 bits per heavy atom. The van der Waals surface area contributed by atoms with Gasteiger partial charge in [-0.2, -0.15) is 13.2 Å². The Bertz CT molecular complexity index is 636. The van der Waals surface area contributed by atoms with E-state index < -0.39 is 22.8 Å². The molecule has 2 rings (SSSR count). The number of imidazole rings is 1. The summed E-state index contributed by atoms with van der Waals surface area (Å²) in [4.78, 5) is 3.58. The van der Waals surface area contributed by atoms with E-state index >= 15 is 0 Å². The van der Waals surface area contributed by atoms with E-state index in [0.29, 0.717) is 11.2 Å². The summed E-state index contributed by atoms with van der Waals surface area (Å²) in [6.07, 6.45) is -3.10. The highest BCUT2D eigenvalue weighted by Crippen LogP contribution is 2.32. The maximum absolute atomic E-state index is 12.9. The summed E-state index contributed by atoms with van der Waals surface area (Å²) in [6.45, 7) is -0.00161. The zero-order valence-electron chi connectivity index (χ0n) is 10.1. The van der Waals surface area contributed by atoms with E-state index in [1.54, 1.807) is 0 Å². The fourth-order valence-electron chi connectivity index (χ4n) is 1.81. The van der Waals surface area contributed by atoms with Crippen molar-refractivity contribution in [3.8, 4) is 0 Å². The predicted molar refractivity (Wildman–Crippen MR) is 68.1 cm³/mol. The van der Waals surface area contributed by atoms with E-state index in [0.717, 1.165) is 4.57 Å². The topological polar surface area (TPSA) is 60.9 Å². The number of hydrogen-bond acceptors (Lipinski definition) is 3. The Labute approximate surface area is 109 Å². The number of hydrogen-bond donors (Lipinski definition) is 1. The third kappa shape index (κ3) is 2.89. The number of rotatable bonds is 3. The van der Waals surface area contributed by atoms with Crippen LogP contribution >= 0.6 is 0 Å². The molecule has 0 fully saturated rings. The number of benzene rings is 1. The summed E-state index contributed by atoms with van der Waals surface area (Å²) >= 11 is 0. The lowest BCUT2D eigenvalue weighted by Gasteiger charge is -2.10. The molecule has 1 aromatic carbocycles. The van der Waals surface area contributed by atoms with Crippen LogP contribution in [0.5, 0.6) is 0 Å². The number of halogens is 3. The van der Waals surface area contributed by atoms with Gasteiger partial charge in [-0.25, -0.2) is 4.98 Å². The Kier molecular flexibility index (Phi) is 3.53. The molecule has 2 N–H and O–H groups in total. The van der Waals surface area contributed by atoms with Crippen molar-refractivity contribution in [3.05, 3.63) is 24.0 Å². The lowest BCUT2D eigenvalue weighted by molar-refractivity contribution is -0.146. The number of alkyl halides is 3. The molecule has 0 saturated heterocycles. The highest BCUT2D eigenvalue weighted by atomic mass is 32.2. The van der Waals surface area contributed by atoms with Crippen LogP contribution in [-0.2, 0) is 23.5 Å². The molecule has 1 heterocycles. The summed E-state index contributed by atoms with van der Waals surface area (Å²) in [6, 6.07) is 4.40. The molecule has 0 amide bonds. The summed E-state index contributed by atoms with van der Waals surface area (Å²) in [5.41, 5.74) is 6.42. The highest BCUT2D eigenvalue weighted by Gasteiger charge is 2.37. The Morgan fingerprint density at radius 3 is 2.68 bits per heavy atom. The van der Waals surface area contributed by atoms with E-state index in [9.17, 15) is 17.4 Å². The summed E-state index contributed by atoms with van der Waals surface area (Å²) in [5, 5.41) is 0. The van der Waals surface area contributed by atoms with Crippen LogP contribution in [0.3, 0.4) is 0 Å². The fraction of sp³-hybridized carbons (Fsp3) is 0.364. The molecule has 104 valence electrons. The second-order valence-corrected chi connectivity index (χ2v) is 5.66. The van der Waals surface area contributed by atoms with Crippen LogP contribution in [0.25, 0.3) is 11.0 Å². The zero-order valence-corrected chi connectivity index (χ0v) is 10.9. The normalized spacial score (nSPS) is 13.9. The first kappa shape index (κ1) is 13.9. The minimum atomic E-state index is -4.55. The van der Waals surface area contributed by atoms with Gasteiger partial charge in [-0.05, 0) is 18.2 Å². The number of anilines is 1. The van der Waals surface area contributed by atoms with Gasteiger partial charge in [0.25, 0.3) is 0 Å². The van der Waals surface area contributed by atoms with Gasteiger partial charge in [0.15, 0.2) is 0 Å². The average molecular weight is 291 g/mol. The molecule has 0 radical (unpaired) electrons. The van der Waals surface area contributed by atoms with Crippen molar-refractivity contribution in [2.75, 3.05) is 17.7 Å². The first-order valence-electron chi connectivity index (χ1n) is 5.42. The van der Waals surface area contributed by atoms with E-state index in [4.69, 9.17) is 5.73 Å². The van der Waals surface area contributed by atoms with Gasteiger partial charge in [0.05, 0.1) is 11.0 Å². The summed E-state index contributed by atoms with van der Waals surface area (Å²) in [5.74, 6) is -0.850. The Hall–Kier alpha value is -1.57. The third-order valence-corrected chi connectivity index (χ3v) is 3.39. The molecule has 1 unspecified atom stereocenters. The molecular weight excluding hydrogens is 279 g/mol. The molecule has 4 nitrogen and oxygen atoms in total. The van der Waals surface area contributed by atoms with E-state index in [-0.39, 0.29) is 17.8 Å². The molecule has 8 heteroatoms. The average Bonchev–Trinajstić information content (AvgIpc) is 2.63. The van der Waals surface area contributed by atoms with Gasteiger partial charge < -0.3 is 10.3 Å². The SMILES string of the molecule is CS(=O)CCn1c(C(F)(F)F)nc2cc(N)ccc21. The van der Waals surface area contributed by atoms with Gasteiger partial charge in [-0.15, -0.1) is 0 Å². The number of nitrogens with two attached hydrogens (primary N) is 1. The van der Waals surface area contributed by atoms with E-state index in [1.165, 1.54) is 24.5 Å². The molecular formula is C11H12F3N3OS. The number of nitrogen functional groups attached to an aromatic ring is 1. The largest absolute Gasteiger partial charge is 0.449 e. The van der Waals surface area contributed by atoms with Gasteiger partial charge in [0.2, 0.25) is 5.82 Å². The van der Waals surface area contributed by atoms with Crippen LogP contribution in [0, 0.1) is 0 Å². The lowest BCUT2D eigenvalue weighted by atomic mass is 10.3. The second kappa shape index (κ2) is 4.84. The maximum Gasteiger partial charge on any atom is 0.449 e. The third-order valence-electron chi connectivity index (χ3n) is 2.63. The van der Waals surface area contributed by atoms with Crippen molar-refractivity contribution in [2.45, 2.75) is 12.7 Å². The van der Waals surface area contributed by atoms with Crippen LogP contribution in [0.1, 0.15) is 5.82 Å². The number of nitrogens with zero attached hydrogens (tertiary/aromatic N) is 2. The Morgan fingerprint density at radius 1 is 1.42 bits per heavy atom. The summed E-state index contributed by atoms with van der Waals surface area (Å²) in [7, 11) is -1.17. The minimum Gasteiger partial charge on any atom is -0.399 e. The highest BCUT2D eigenvalue weighted by molar-refractivity contribution is 7.84. The van der Waals surface area contributed by atoms with Crippen LogP contribution in [0.2, 0.25) is 0 Å². The molecule has 0 spiro atoms. The van der Waals surface area contributed by atoms with Gasteiger partial charge in [-0.1, -0.05) is 0 Å². The van der Waals surface area contributed by atoms with Gasteiger partial charge >= 0.3 is 6.18 Å². The molecule has 0 aliphatic heterocycles. The molecule has 1 aromatic heterocycles. The van der Waals surface area contributed by atoms with Gasteiger partial charge in [0.1, 0.15) is 0 Å². The quantitative estimate of drug-likeness (QED) is 0.880. The fourth-order valence-corrected chi connectivity index (χ4v) is 2.25. The number of aromatic nitrogens is 2. The molecule has 0 bridgehead atoms. The molecule has 0 aliphatic carbocycles. The smallest absolute Gasteiger partial charge is 0.399 e. The van der Waals surface area contributed by atoms with Crippen LogP contribution in [0.4, 0.5) is 18.9 Å². The van der Waals surface area contributed by atoms with Crippen molar-refractivity contribution < 1.29 is 17.4 Å². The zero-order chi connectivity index (χ0) is 14.2. The maximum atomic E-state index is 12.9. The Balaban J connectivity index is 2.58. The number of aryl methyl sites for hydroxylation is 1. The molecule has 0 saturated carbocycles. The molecule has 0 aliphatic rings. The van der Waals surface area contributed by atoms with Crippen LogP contribution in [0.15, 0.2) is 18.2 Å². The first-order chi connectivity index (χ1) is 8.79. The number of fused-ring (bicyclic) bond motifs is 1. The van der Waals surface area contributed by atoms with Crippen LogP contribution in [-0.4, -0.2) is 25.8 Å². The summed E-state index contributed by atoms with van der Waals surface area (Å²) < 4.78 is 50.9. The van der Waals surface area contributed by atoms with Crippen LogP contribution < -0.4 is 5.73 Å². The van der Waals surface area contributed by atoms with Crippen molar-refractivity contribution >= 4 is 27.5 Å². The van der Waals surface area contributed by atoms with E-state index in [1.807, 2.05) is 0 Å². The minimum absolute atomic E-state index is 0.00161.